The third-order valence-corrected chi connectivity index (χ3v) is 3.34. The topological polar surface area (TPSA) is 31.0 Å². The Morgan fingerprint density at radius 3 is 2.39 bits per heavy atom. The van der Waals surface area contributed by atoms with E-state index in [2.05, 4.69) is 6.92 Å². The van der Waals surface area contributed by atoms with Gasteiger partial charge < -0.3 is 14.2 Å². The van der Waals surface area contributed by atoms with Crippen LogP contribution in [0.2, 0.25) is 0 Å². The van der Waals surface area contributed by atoms with E-state index in [1.165, 1.54) is 13.2 Å². The molecule has 0 aliphatic carbocycles. The van der Waals surface area contributed by atoms with E-state index >= 15 is 0 Å². The van der Waals surface area contributed by atoms with E-state index in [4.69, 9.17) is 14.2 Å². The van der Waals surface area contributed by atoms with Gasteiger partial charge in [-0.05, 0) is 30.9 Å². The minimum absolute atomic E-state index is 0.249. The fraction of sp³-hybridized carbons (Fsp3) is 0.571. The summed E-state index contributed by atoms with van der Waals surface area (Å²) < 4.78 is 29.5. The number of ether oxygens (including phenoxy) is 3. The molecule has 2 atom stereocenters. The van der Waals surface area contributed by atoms with Crippen molar-refractivity contribution in [1.29, 1.82) is 0 Å². The monoisotopic (exact) mass is 254 g/mol. The number of hydrogen-bond donors (Lipinski definition) is 0. The average Bonchev–Trinajstić information content (AvgIpc) is 3.15. The zero-order valence-electron chi connectivity index (χ0n) is 11.0. The van der Waals surface area contributed by atoms with Crippen molar-refractivity contribution in [3.8, 4) is 11.5 Å². The van der Waals surface area contributed by atoms with Crippen LogP contribution < -0.4 is 9.47 Å². The lowest BCUT2D eigenvalue weighted by atomic mass is 10.0. The Bertz CT molecular complexity index is 420. The normalized spacial score (nSPS) is 21.8. The van der Waals surface area contributed by atoms with Gasteiger partial charge in [0.2, 0.25) is 0 Å². The second kappa shape index (κ2) is 5.57. The van der Waals surface area contributed by atoms with Crippen LogP contribution in [0.4, 0.5) is 4.39 Å². The Kier molecular flexibility index (Phi) is 4.07. The molecule has 18 heavy (non-hydrogen) atoms. The molecule has 2 unspecified atom stereocenters. The van der Waals surface area contributed by atoms with Crippen molar-refractivity contribution in [2.24, 2.45) is 0 Å². The van der Waals surface area contributed by atoms with Gasteiger partial charge in [0.25, 0.3) is 0 Å². The van der Waals surface area contributed by atoms with E-state index in [9.17, 15) is 4.39 Å². The van der Waals surface area contributed by atoms with Crippen molar-refractivity contribution >= 4 is 0 Å². The number of halogens is 1. The first-order chi connectivity index (χ1) is 8.69. The molecule has 3 nitrogen and oxygen atoms in total. The summed E-state index contributed by atoms with van der Waals surface area (Å²) >= 11 is 0. The Morgan fingerprint density at radius 2 is 1.83 bits per heavy atom. The first kappa shape index (κ1) is 13.1. The third kappa shape index (κ3) is 2.75. The Balaban J connectivity index is 2.03. The van der Waals surface area contributed by atoms with Crippen molar-refractivity contribution < 1.29 is 18.6 Å². The minimum atomic E-state index is -0.249. The lowest BCUT2D eigenvalue weighted by molar-refractivity contribution is 0.349. The van der Waals surface area contributed by atoms with Gasteiger partial charge in [-0.15, -0.1) is 0 Å². The van der Waals surface area contributed by atoms with E-state index in [0.717, 1.165) is 12.8 Å². The van der Waals surface area contributed by atoms with Crippen molar-refractivity contribution in [2.75, 3.05) is 14.2 Å². The van der Waals surface area contributed by atoms with E-state index in [1.807, 2.05) is 0 Å². The Labute approximate surface area is 107 Å². The largest absolute Gasteiger partial charge is 0.493 e. The van der Waals surface area contributed by atoms with Crippen LogP contribution in [0.3, 0.4) is 0 Å². The molecule has 1 saturated heterocycles. The highest BCUT2D eigenvalue weighted by molar-refractivity contribution is 5.43. The van der Waals surface area contributed by atoms with Crippen LogP contribution in [-0.4, -0.2) is 26.4 Å². The molecule has 100 valence electrons. The maximum absolute atomic E-state index is 13.8. The quantitative estimate of drug-likeness (QED) is 0.731. The summed E-state index contributed by atoms with van der Waals surface area (Å²) in [5.74, 6) is 0.742. The molecule has 1 aromatic carbocycles. The lowest BCUT2D eigenvalue weighted by Crippen LogP contribution is -2.00. The summed E-state index contributed by atoms with van der Waals surface area (Å²) in [7, 11) is 3.05. The smallest absolute Gasteiger partial charge is 0.163 e. The highest BCUT2D eigenvalue weighted by Gasteiger charge is 2.36. The number of aryl methyl sites for hydroxylation is 1. The first-order valence-corrected chi connectivity index (χ1v) is 6.25. The van der Waals surface area contributed by atoms with Gasteiger partial charge in [0.05, 0.1) is 26.4 Å². The molecule has 0 aromatic heterocycles. The summed E-state index contributed by atoms with van der Waals surface area (Å²) in [5.41, 5.74) is 0.651. The van der Waals surface area contributed by atoms with Gasteiger partial charge in [0.1, 0.15) is 5.82 Å². The average molecular weight is 254 g/mol. The standard InChI is InChI=1S/C14H19FO3/c1-4-11-12(18-11)6-5-9-7-13(16-2)14(17-3)8-10(9)15/h7-8,11-12H,4-6H2,1-3H3. The molecule has 0 saturated carbocycles. The maximum Gasteiger partial charge on any atom is 0.163 e. The third-order valence-electron chi connectivity index (χ3n) is 3.34. The molecule has 0 N–H and O–H groups in total. The summed E-state index contributed by atoms with van der Waals surface area (Å²) in [6.07, 6.45) is 3.20. The fourth-order valence-corrected chi connectivity index (χ4v) is 2.18. The van der Waals surface area contributed by atoms with Gasteiger partial charge in [-0.25, -0.2) is 4.39 Å². The van der Waals surface area contributed by atoms with Crippen molar-refractivity contribution in [1.82, 2.24) is 0 Å². The Hall–Kier alpha value is -1.29. The summed E-state index contributed by atoms with van der Waals surface area (Å²) in [6.45, 7) is 2.10. The highest BCUT2D eigenvalue weighted by Crippen LogP contribution is 2.33. The van der Waals surface area contributed by atoms with Crippen LogP contribution in [0.25, 0.3) is 0 Å². The molecule has 4 heteroatoms. The van der Waals surface area contributed by atoms with Gasteiger partial charge in [-0.1, -0.05) is 6.92 Å². The zero-order chi connectivity index (χ0) is 13.1. The van der Waals surface area contributed by atoms with Crippen molar-refractivity contribution in [3.63, 3.8) is 0 Å². The van der Waals surface area contributed by atoms with Crippen LogP contribution in [0, 0.1) is 5.82 Å². The van der Waals surface area contributed by atoms with Crippen LogP contribution in [0.1, 0.15) is 25.3 Å². The van der Waals surface area contributed by atoms with E-state index in [-0.39, 0.29) is 5.82 Å². The fourth-order valence-electron chi connectivity index (χ4n) is 2.18. The molecular weight excluding hydrogens is 235 g/mol. The second-order valence-electron chi connectivity index (χ2n) is 4.46. The molecule has 1 aliphatic heterocycles. The van der Waals surface area contributed by atoms with Gasteiger partial charge in [0.15, 0.2) is 11.5 Å². The van der Waals surface area contributed by atoms with Gasteiger partial charge in [-0.3, -0.25) is 0 Å². The molecule has 0 bridgehead atoms. The van der Waals surface area contributed by atoms with Crippen molar-refractivity contribution in [2.45, 2.75) is 38.4 Å². The predicted octanol–water partition coefficient (Wildman–Crippen LogP) is 2.95. The molecule has 1 aromatic rings. The number of benzene rings is 1. The van der Waals surface area contributed by atoms with Gasteiger partial charge in [-0.2, -0.15) is 0 Å². The lowest BCUT2D eigenvalue weighted by Gasteiger charge is -2.10. The van der Waals surface area contributed by atoms with E-state index < -0.39 is 0 Å². The van der Waals surface area contributed by atoms with Crippen molar-refractivity contribution in [3.05, 3.63) is 23.5 Å². The first-order valence-electron chi connectivity index (χ1n) is 6.25. The molecule has 0 spiro atoms. The highest BCUT2D eigenvalue weighted by atomic mass is 19.1. The molecule has 2 rings (SSSR count). The number of epoxide rings is 1. The summed E-state index contributed by atoms with van der Waals surface area (Å²) in [5, 5.41) is 0. The van der Waals surface area contributed by atoms with Crippen LogP contribution >= 0.6 is 0 Å². The molecular formula is C14H19FO3. The van der Waals surface area contributed by atoms with E-state index in [0.29, 0.717) is 35.7 Å². The van der Waals surface area contributed by atoms with Crippen LogP contribution in [-0.2, 0) is 11.2 Å². The maximum atomic E-state index is 13.8. The second-order valence-corrected chi connectivity index (χ2v) is 4.46. The minimum Gasteiger partial charge on any atom is -0.493 e. The van der Waals surface area contributed by atoms with Crippen LogP contribution in [0.15, 0.2) is 12.1 Å². The molecule has 1 heterocycles. The van der Waals surface area contributed by atoms with Gasteiger partial charge in [0, 0.05) is 6.07 Å². The number of methoxy groups -OCH3 is 2. The molecule has 0 radical (unpaired) electrons. The van der Waals surface area contributed by atoms with Gasteiger partial charge >= 0.3 is 0 Å². The Morgan fingerprint density at radius 1 is 1.17 bits per heavy atom. The molecule has 0 amide bonds. The number of rotatable bonds is 6. The summed E-state index contributed by atoms with van der Waals surface area (Å²) in [6, 6.07) is 3.08. The number of hydrogen-bond acceptors (Lipinski definition) is 3. The molecule has 1 aliphatic rings. The summed E-state index contributed by atoms with van der Waals surface area (Å²) in [4.78, 5) is 0. The van der Waals surface area contributed by atoms with E-state index in [1.54, 1.807) is 13.2 Å². The predicted molar refractivity (Wildman–Crippen MR) is 66.8 cm³/mol. The van der Waals surface area contributed by atoms with Crippen LogP contribution in [0.5, 0.6) is 11.5 Å². The SMILES string of the molecule is CCC1OC1CCc1cc(OC)c(OC)cc1F. The molecule has 1 fully saturated rings. The zero-order valence-corrected chi connectivity index (χ0v) is 11.0.